The van der Waals surface area contributed by atoms with Crippen LogP contribution in [-0.2, 0) is 0 Å². The van der Waals surface area contributed by atoms with E-state index in [1.807, 2.05) is 17.4 Å². The molecule has 0 amide bonds. The van der Waals surface area contributed by atoms with E-state index in [0.29, 0.717) is 0 Å². The van der Waals surface area contributed by atoms with Crippen LogP contribution in [0.3, 0.4) is 0 Å². The van der Waals surface area contributed by atoms with Crippen molar-refractivity contribution in [3.63, 3.8) is 0 Å². The predicted octanol–water partition coefficient (Wildman–Crippen LogP) is 10.2. The van der Waals surface area contributed by atoms with Gasteiger partial charge in [0.05, 0.1) is 33.1 Å². The molecule has 43 heavy (non-hydrogen) atoms. The van der Waals surface area contributed by atoms with Crippen molar-refractivity contribution in [2.24, 2.45) is 0 Å². The third kappa shape index (κ3) is 3.14. The van der Waals surface area contributed by atoms with Gasteiger partial charge in [-0.15, -0.1) is 11.3 Å². The molecule has 0 fully saturated rings. The maximum Gasteiger partial charge on any atom is 0.182 e. The quantitative estimate of drug-likeness (QED) is 0.198. The van der Waals surface area contributed by atoms with Gasteiger partial charge in [-0.25, -0.2) is 9.97 Å². The molecule has 0 saturated heterocycles. The second-order valence-corrected chi connectivity index (χ2v) is 12.1. The molecule has 0 radical (unpaired) electrons. The highest BCUT2D eigenvalue weighted by molar-refractivity contribution is 7.26. The highest BCUT2D eigenvalue weighted by Crippen LogP contribution is 2.41. The topological polar surface area (TPSA) is 34.6 Å². The highest BCUT2D eigenvalue weighted by atomic mass is 32.1. The van der Waals surface area contributed by atoms with Crippen LogP contribution in [0.4, 0.5) is 0 Å². The Labute approximate surface area is 249 Å². The van der Waals surface area contributed by atoms with E-state index in [2.05, 4.69) is 136 Å². The summed E-state index contributed by atoms with van der Waals surface area (Å²) in [6.45, 7) is 0. The van der Waals surface area contributed by atoms with Gasteiger partial charge in [-0.05, 0) is 59.7 Å². The molecule has 0 aliphatic carbocycles. The van der Waals surface area contributed by atoms with Crippen molar-refractivity contribution in [2.45, 2.75) is 0 Å². The number of aromatic nitrogens is 4. The van der Waals surface area contributed by atoms with E-state index in [0.717, 1.165) is 49.8 Å². The monoisotopic (exact) mass is 566 g/mol. The van der Waals surface area contributed by atoms with Gasteiger partial charge < -0.3 is 0 Å². The molecule has 0 spiro atoms. The van der Waals surface area contributed by atoms with Gasteiger partial charge in [0.25, 0.3) is 0 Å². The molecule has 4 heterocycles. The largest absolute Gasteiger partial charge is 0.289 e. The fourth-order valence-corrected chi connectivity index (χ4v) is 8.06. The number of nitrogens with zero attached hydrogens (tertiary/aromatic N) is 4. The van der Waals surface area contributed by atoms with Gasteiger partial charge in [0.15, 0.2) is 11.3 Å². The summed E-state index contributed by atoms with van der Waals surface area (Å²) in [6.07, 6.45) is 0. The van der Waals surface area contributed by atoms with Crippen LogP contribution in [0.1, 0.15) is 0 Å². The SMILES string of the molecule is c1ccc2c(c1)nc1c3nc4ccccc4n3c3ccc(-c4cccc5c4sc4ccccc45)cc3c3ccccc3n21. The van der Waals surface area contributed by atoms with Gasteiger partial charge in [0.2, 0.25) is 0 Å². The molecule has 10 rings (SSSR count). The third-order valence-corrected chi connectivity index (χ3v) is 9.93. The number of benzene rings is 6. The maximum atomic E-state index is 5.19. The number of para-hydroxylation sites is 5. The molecular formula is C38H22N4S. The molecule has 0 aliphatic heterocycles. The Morgan fingerprint density at radius 3 is 1.77 bits per heavy atom. The Bertz CT molecular complexity index is 2800. The van der Waals surface area contributed by atoms with E-state index < -0.39 is 0 Å². The molecule has 6 aromatic carbocycles. The standard InChI is InChI=1S/C38H22N4S/c1-5-16-31-25(10-1)28-22-23(24-12-9-13-27-26-11-2-8-19-35(26)43-36(24)27)20-21-32(28)42-34-18-7-4-15-30(34)40-38(42)37-39-29-14-3-6-17-33(29)41(31)37/h1-22H. The third-order valence-electron chi connectivity index (χ3n) is 8.71. The molecule has 0 N–H and O–H groups in total. The van der Waals surface area contributed by atoms with Crippen molar-refractivity contribution >= 4 is 86.7 Å². The first-order valence-corrected chi connectivity index (χ1v) is 15.3. The van der Waals surface area contributed by atoms with Gasteiger partial charge in [-0.2, -0.15) is 0 Å². The van der Waals surface area contributed by atoms with Gasteiger partial charge >= 0.3 is 0 Å². The highest BCUT2D eigenvalue weighted by Gasteiger charge is 2.17. The second-order valence-electron chi connectivity index (χ2n) is 11.0. The van der Waals surface area contributed by atoms with Crippen molar-refractivity contribution in [1.82, 2.24) is 18.8 Å². The van der Waals surface area contributed by atoms with E-state index in [9.17, 15) is 0 Å². The number of fused-ring (bicyclic) bond motifs is 15. The minimum Gasteiger partial charge on any atom is -0.289 e. The Kier molecular flexibility index (Phi) is 4.57. The predicted molar refractivity (Wildman–Crippen MR) is 181 cm³/mol. The Morgan fingerprint density at radius 1 is 0.442 bits per heavy atom. The summed E-state index contributed by atoms with van der Waals surface area (Å²) in [7, 11) is 0. The normalized spacial score (nSPS) is 12.2. The van der Waals surface area contributed by atoms with E-state index in [-0.39, 0.29) is 0 Å². The number of hydrogen-bond acceptors (Lipinski definition) is 3. The molecule has 200 valence electrons. The number of hydrogen-bond donors (Lipinski definition) is 0. The summed E-state index contributed by atoms with van der Waals surface area (Å²) in [5.41, 5.74) is 10.4. The maximum absolute atomic E-state index is 5.19. The Hall–Kier alpha value is -5.52. The molecule has 4 nitrogen and oxygen atoms in total. The zero-order valence-corrected chi connectivity index (χ0v) is 23.7. The van der Waals surface area contributed by atoms with Crippen molar-refractivity contribution in [2.75, 3.05) is 0 Å². The molecule has 0 unspecified atom stereocenters. The van der Waals surface area contributed by atoms with E-state index in [1.165, 1.54) is 36.7 Å². The van der Waals surface area contributed by atoms with E-state index in [4.69, 9.17) is 9.97 Å². The van der Waals surface area contributed by atoms with Crippen LogP contribution in [0.25, 0.3) is 86.5 Å². The first-order valence-electron chi connectivity index (χ1n) is 14.4. The van der Waals surface area contributed by atoms with Crippen LogP contribution in [0.15, 0.2) is 133 Å². The van der Waals surface area contributed by atoms with Crippen molar-refractivity contribution in [3.8, 4) is 11.1 Å². The van der Waals surface area contributed by atoms with Crippen LogP contribution in [0.2, 0.25) is 0 Å². The lowest BCUT2D eigenvalue weighted by Gasteiger charge is -2.11. The molecule has 10 aromatic rings. The summed E-state index contributed by atoms with van der Waals surface area (Å²) in [5, 5.41) is 4.95. The van der Waals surface area contributed by atoms with Crippen LogP contribution < -0.4 is 0 Å². The van der Waals surface area contributed by atoms with Gasteiger partial charge in [0, 0.05) is 30.9 Å². The minimum absolute atomic E-state index is 0.840. The smallest absolute Gasteiger partial charge is 0.182 e. The Morgan fingerprint density at radius 2 is 1.02 bits per heavy atom. The molecule has 0 saturated carbocycles. The first-order chi connectivity index (χ1) is 21.3. The molecular weight excluding hydrogens is 545 g/mol. The average Bonchev–Trinajstić information content (AvgIpc) is 3.75. The fraction of sp³-hybridized carbons (Fsp3) is 0. The second kappa shape index (κ2) is 8.51. The van der Waals surface area contributed by atoms with Crippen LogP contribution in [-0.4, -0.2) is 18.8 Å². The van der Waals surface area contributed by atoms with Gasteiger partial charge in [0.1, 0.15) is 0 Å². The van der Waals surface area contributed by atoms with Gasteiger partial charge in [-0.3, -0.25) is 8.80 Å². The summed E-state index contributed by atoms with van der Waals surface area (Å²) < 4.78 is 7.21. The molecule has 0 bridgehead atoms. The van der Waals surface area contributed by atoms with Crippen molar-refractivity contribution in [1.29, 1.82) is 0 Å². The number of thiophene rings is 1. The van der Waals surface area contributed by atoms with Crippen LogP contribution in [0, 0.1) is 0 Å². The average molecular weight is 567 g/mol. The number of imidazole rings is 2. The summed E-state index contributed by atoms with van der Waals surface area (Å²) in [4.78, 5) is 10.4. The Balaban J connectivity index is 1.45. The summed E-state index contributed by atoms with van der Waals surface area (Å²) in [5.74, 6) is 0. The van der Waals surface area contributed by atoms with E-state index in [1.54, 1.807) is 0 Å². The zero-order valence-electron chi connectivity index (χ0n) is 22.9. The number of rotatable bonds is 1. The van der Waals surface area contributed by atoms with E-state index >= 15 is 0 Å². The summed E-state index contributed by atoms with van der Waals surface area (Å²) >= 11 is 1.87. The van der Waals surface area contributed by atoms with Gasteiger partial charge in [-0.1, -0.05) is 84.9 Å². The lowest BCUT2D eigenvalue weighted by molar-refractivity contribution is 1.25. The zero-order chi connectivity index (χ0) is 28.1. The molecule has 5 heteroatoms. The first kappa shape index (κ1) is 23.1. The van der Waals surface area contributed by atoms with Crippen LogP contribution in [0.5, 0.6) is 0 Å². The van der Waals surface area contributed by atoms with Crippen molar-refractivity contribution < 1.29 is 0 Å². The van der Waals surface area contributed by atoms with Crippen molar-refractivity contribution in [3.05, 3.63) is 133 Å². The minimum atomic E-state index is 0.840. The fourth-order valence-electron chi connectivity index (χ4n) is 6.82. The molecule has 4 aromatic heterocycles. The summed E-state index contributed by atoms with van der Waals surface area (Å²) in [6, 6.07) is 47.7. The molecule has 0 atom stereocenters. The lowest BCUT2D eigenvalue weighted by Crippen LogP contribution is -1.94. The lowest BCUT2D eigenvalue weighted by atomic mass is 9.99. The molecule has 0 aliphatic rings. The van der Waals surface area contributed by atoms with Crippen LogP contribution >= 0.6 is 11.3 Å².